The van der Waals surface area contributed by atoms with Gasteiger partial charge in [0.2, 0.25) is 0 Å². The highest BCUT2D eigenvalue weighted by Crippen LogP contribution is 2.32. The summed E-state index contributed by atoms with van der Waals surface area (Å²) in [5.41, 5.74) is 8.19. The van der Waals surface area contributed by atoms with Crippen LogP contribution in [0.5, 0.6) is 0 Å². The van der Waals surface area contributed by atoms with Gasteiger partial charge in [0.25, 0.3) is 5.91 Å². The lowest BCUT2D eigenvalue weighted by Gasteiger charge is -2.29. The second-order valence-electron chi connectivity index (χ2n) is 5.49. The quantitative estimate of drug-likeness (QED) is 0.698. The van der Waals surface area contributed by atoms with Crippen molar-refractivity contribution in [1.82, 2.24) is 5.32 Å². The molecule has 1 aromatic rings. The minimum absolute atomic E-state index is 0.0553. The van der Waals surface area contributed by atoms with Crippen LogP contribution < -0.4 is 16.0 Å². The third kappa shape index (κ3) is 3.67. The van der Waals surface area contributed by atoms with Crippen LogP contribution in [-0.2, 0) is 0 Å². The van der Waals surface area contributed by atoms with Gasteiger partial charge in [-0.05, 0) is 50.8 Å². The molecule has 2 rings (SSSR count). The van der Waals surface area contributed by atoms with Crippen molar-refractivity contribution in [2.24, 2.45) is 0 Å². The second kappa shape index (κ2) is 7.31. The van der Waals surface area contributed by atoms with Gasteiger partial charge in [-0.3, -0.25) is 4.79 Å². The molecule has 1 aliphatic rings. The summed E-state index contributed by atoms with van der Waals surface area (Å²) < 4.78 is 0. The van der Waals surface area contributed by atoms with E-state index in [1.165, 1.54) is 0 Å². The second-order valence-corrected chi connectivity index (χ2v) is 5.49. The Kier molecular flexibility index (Phi) is 5.44. The number of hydrogen-bond donors (Lipinski definition) is 3. The predicted molar refractivity (Wildman–Crippen MR) is 85.5 cm³/mol. The van der Waals surface area contributed by atoms with Crippen molar-refractivity contribution in [2.75, 3.05) is 30.3 Å². The molecule has 1 fully saturated rings. The third-order valence-corrected chi connectivity index (χ3v) is 3.99. The van der Waals surface area contributed by atoms with E-state index in [4.69, 9.17) is 10.8 Å². The number of carbonyl (C=O) groups excluding carboxylic acids is 1. The first kappa shape index (κ1) is 15.6. The Hall–Kier alpha value is -1.75. The maximum atomic E-state index is 12.2. The summed E-state index contributed by atoms with van der Waals surface area (Å²) in [5, 5.41) is 11.9. The molecule has 1 unspecified atom stereocenters. The average Bonchev–Trinajstić information content (AvgIpc) is 2.93. The van der Waals surface area contributed by atoms with Crippen molar-refractivity contribution in [3.05, 3.63) is 23.8 Å². The van der Waals surface area contributed by atoms with Crippen LogP contribution in [-0.4, -0.2) is 36.8 Å². The zero-order valence-corrected chi connectivity index (χ0v) is 12.6. The number of aliphatic hydroxyl groups excluding tert-OH is 1. The minimum Gasteiger partial charge on any atom is -0.399 e. The van der Waals surface area contributed by atoms with Gasteiger partial charge in [-0.1, -0.05) is 0 Å². The van der Waals surface area contributed by atoms with Gasteiger partial charge in [0.15, 0.2) is 0 Å². The summed E-state index contributed by atoms with van der Waals surface area (Å²) in [4.78, 5) is 14.5. The Labute approximate surface area is 126 Å². The molecule has 0 saturated carbocycles. The van der Waals surface area contributed by atoms with E-state index in [0.717, 1.165) is 37.9 Å². The lowest BCUT2D eigenvalue weighted by Crippen LogP contribution is -2.32. The van der Waals surface area contributed by atoms with E-state index in [0.29, 0.717) is 23.8 Å². The van der Waals surface area contributed by atoms with Gasteiger partial charge in [-0.15, -0.1) is 0 Å². The van der Waals surface area contributed by atoms with Crippen molar-refractivity contribution < 1.29 is 9.90 Å². The molecule has 1 atom stereocenters. The van der Waals surface area contributed by atoms with Crippen molar-refractivity contribution >= 4 is 17.3 Å². The highest BCUT2D eigenvalue weighted by Gasteiger charge is 2.27. The Balaban J connectivity index is 2.28. The van der Waals surface area contributed by atoms with E-state index >= 15 is 0 Å². The standard InChI is InChI=1S/C16H25N3O2/c1-2-18-16(21)14-8-7-12(17)11-15(14)19-9-3-5-13(19)6-4-10-20/h7-8,11,13,20H,2-6,9-10,17H2,1H3,(H,18,21). The van der Waals surface area contributed by atoms with E-state index in [2.05, 4.69) is 10.2 Å². The Bertz CT molecular complexity index is 490. The molecular formula is C16H25N3O2. The Morgan fingerprint density at radius 3 is 3.05 bits per heavy atom. The molecule has 116 valence electrons. The van der Waals surface area contributed by atoms with E-state index in [9.17, 15) is 4.79 Å². The monoisotopic (exact) mass is 291 g/mol. The fourth-order valence-electron chi connectivity index (χ4n) is 3.01. The predicted octanol–water partition coefficient (Wildman–Crippen LogP) is 1.76. The first-order chi connectivity index (χ1) is 10.2. The van der Waals surface area contributed by atoms with Gasteiger partial charge < -0.3 is 21.1 Å². The molecule has 1 heterocycles. The molecular weight excluding hydrogens is 266 g/mol. The number of nitrogens with zero attached hydrogens (tertiary/aromatic N) is 1. The molecule has 5 nitrogen and oxygen atoms in total. The van der Waals surface area contributed by atoms with E-state index in [1.807, 2.05) is 13.0 Å². The van der Waals surface area contributed by atoms with Crippen LogP contribution in [0.2, 0.25) is 0 Å². The average molecular weight is 291 g/mol. The number of anilines is 2. The maximum Gasteiger partial charge on any atom is 0.253 e. The van der Waals surface area contributed by atoms with Crippen LogP contribution in [0.4, 0.5) is 11.4 Å². The smallest absolute Gasteiger partial charge is 0.253 e. The van der Waals surface area contributed by atoms with Gasteiger partial charge >= 0.3 is 0 Å². The van der Waals surface area contributed by atoms with Crippen LogP contribution in [0.25, 0.3) is 0 Å². The van der Waals surface area contributed by atoms with E-state index in [1.54, 1.807) is 12.1 Å². The number of nitrogen functional groups attached to an aromatic ring is 1. The molecule has 0 spiro atoms. The van der Waals surface area contributed by atoms with Gasteiger partial charge in [0.1, 0.15) is 0 Å². The van der Waals surface area contributed by atoms with Crippen molar-refractivity contribution in [3.63, 3.8) is 0 Å². The topological polar surface area (TPSA) is 78.6 Å². The molecule has 1 aromatic carbocycles. The Morgan fingerprint density at radius 2 is 2.33 bits per heavy atom. The molecule has 5 heteroatoms. The number of amides is 1. The zero-order chi connectivity index (χ0) is 15.2. The highest BCUT2D eigenvalue weighted by molar-refractivity contribution is 6.00. The molecule has 21 heavy (non-hydrogen) atoms. The van der Waals surface area contributed by atoms with Gasteiger partial charge in [0.05, 0.1) is 11.3 Å². The SMILES string of the molecule is CCNC(=O)c1ccc(N)cc1N1CCCC1CCCO. The highest BCUT2D eigenvalue weighted by atomic mass is 16.2. The number of nitrogens with one attached hydrogen (secondary N) is 1. The first-order valence-corrected chi connectivity index (χ1v) is 7.72. The van der Waals surface area contributed by atoms with Crippen molar-refractivity contribution in [3.8, 4) is 0 Å². The first-order valence-electron chi connectivity index (χ1n) is 7.72. The summed E-state index contributed by atoms with van der Waals surface area (Å²) in [5.74, 6) is -0.0553. The van der Waals surface area contributed by atoms with Gasteiger partial charge in [-0.25, -0.2) is 0 Å². The summed E-state index contributed by atoms with van der Waals surface area (Å²) >= 11 is 0. The summed E-state index contributed by atoms with van der Waals surface area (Å²) in [6, 6.07) is 5.85. The minimum atomic E-state index is -0.0553. The van der Waals surface area contributed by atoms with Crippen molar-refractivity contribution in [2.45, 2.75) is 38.6 Å². The fraction of sp³-hybridized carbons (Fsp3) is 0.562. The van der Waals surface area contributed by atoms with Crippen LogP contribution in [0.15, 0.2) is 18.2 Å². The fourth-order valence-corrected chi connectivity index (χ4v) is 3.01. The maximum absolute atomic E-state index is 12.2. The number of rotatable bonds is 6. The molecule has 1 saturated heterocycles. The van der Waals surface area contributed by atoms with Crippen LogP contribution in [0.1, 0.15) is 43.0 Å². The summed E-state index contributed by atoms with van der Waals surface area (Å²) in [6.07, 6.45) is 3.95. The van der Waals surface area contributed by atoms with Gasteiger partial charge in [-0.2, -0.15) is 0 Å². The summed E-state index contributed by atoms with van der Waals surface area (Å²) in [6.45, 7) is 3.67. The molecule has 0 bridgehead atoms. The normalized spacial score (nSPS) is 18.0. The lowest BCUT2D eigenvalue weighted by atomic mass is 10.1. The third-order valence-electron chi connectivity index (χ3n) is 3.99. The molecule has 1 aliphatic heterocycles. The molecule has 0 aromatic heterocycles. The van der Waals surface area contributed by atoms with Crippen molar-refractivity contribution in [1.29, 1.82) is 0 Å². The molecule has 1 amide bonds. The van der Waals surface area contributed by atoms with Crippen LogP contribution in [0.3, 0.4) is 0 Å². The van der Waals surface area contributed by atoms with Crippen LogP contribution in [0, 0.1) is 0 Å². The zero-order valence-electron chi connectivity index (χ0n) is 12.6. The number of hydrogen-bond acceptors (Lipinski definition) is 4. The van der Waals surface area contributed by atoms with E-state index < -0.39 is 0 Å². The lowest BCUT2D eigenvalue weighted by molar-refractivity contribution is 0.0956. The number of carbonyl (C=O) groups is 1. The van der Waals surface area contributed by atoms with Crippen LogP contribution >= 0.6 is 0 Å². The number of aliphatic hydroxyl groups is 1. The number of nitrogens with two attached hydrogens (primary N) is 1. The molecule has 0 radical (unpaired) electrons. The molecule has 4 N–H and O–H groups in total. The Morgan fingerprint density at radius 1 is 1.52 bits per heavy atom. The largest absolute Gasteiger partial charge is 0.399 e. The number of benzene rings is 1. The van der Waals surface area contributed by atoms with E-state index in [-0.39, 0.29) is 12.5 Å². The summed E-state index contributed by atoms with van der Waals surface area (Å²) in [7, 11) is 0. The molecule has 0 aliphatic carbocycles. The van der Waals surface area contributed by atoms with Gasteiger partial charge in [0, 0.05) is 31.4 Å².